The fraction of sp³-hybridized carbons (Fsp3) is 0.731. The van der Waals surface area contributed by atoms with E-state index < -0.39 is 66.9 Å². The van der Waals surface area contributed by atoms with Crippen LogP contribution in [0.2, 0.25) is 0 Å². The Kier molecular flexibility index (Phi) is 22.3. The number of H-pyrrole nitrogens is 1. The number of esters is 1. The molecular weight excluding hydrogens is 561 g/mol. The molecule has 0 radical (unpaired) electrons. The van der Waals surface area contributed by atoms with E-state index in [2.05, 4.69) is 10.7 Å². The number of ether oxygens (including phenoxy) is 2. The molecule has 1 aromatic heterocycles. The highest BCUT2D eigenvalue weighted by molar-refractivity contribution is 7.69. The second kappa shape index (κ2) is 20.9. The van der Waals surface area contributed by atoms with Gasteiger partial charge in [0.2, 0.25) is 5.78 Å². The van der Waals surface area contributed by atoms with Crippen LogP contribution in [0, 0.1) is 10.8 Å². The highest BCUT2D eigenvalue weighted by Crippen LogP contribution is 2.43. The standard InChI is InChI=1S/C21H31N2O9P.2C2H6.CH5N.H2S/c1-20(2,3)16(25)17(26)33(31-12-29-18(27)21(4,5)6)30-11-13-7-8-15(32-13)23-10-9-14(24)22-19(23)28;3*1-2;/h9-10,13,15H,7-8,11-12H2,1-6H3,(H,22,24,28);2*1-2H3;2H2,1H3;1H2. The molecule has 12 nitrogen and oxygen atoms in total. The van der Waals surface area contributed by atoms with E-state index in [1.807, 2.05) is 27.7 Å². The molecular formula is C26H50N3O9PS. The number of rotatable bonds is 9. The van der Waals surface area contributed by atoms with Gasteiger partial charge in [0.05, 0.1) is 18.1 Å². The van der Waals surface area contributed by atoms with E-state index in [9.17, 15) is 24.0 Å². The lowest BCUT2D eigenvalue weighted by Crippen LogP contribution is -2.32. The van der Waals surface area contributed by atoms with E-state index >= 15 is 0 Å². The smallest absolute Gasteiger partial charge is 0.330 e. The molecule has 2 heterocycles. The summed E-state index contributed by atoms with van der Waals surface area (Å²) in [7, 11) is -0.849. The topological polar surface area (TPSA) is 169 Å². The summed E-state index contributed by atoms with van der Waals surface area (Å²) in [5, 5.41) is 0. The van der Waals surface area contributed by atoms with Crippen LogP contribution in [0.5, 0.6) is 0 Å². The normalized spacial score (nSPS) is 16.8. The fourth-order valence-corrected chi connectivity index (χ4v) is 3.98. The van der Waals surface area contributed by atoms with E-state index in [4.69, 9.17) is 18.5 Å². The van der Waals surface area contributed by atoms with Crippen molar-refractivity contribution in [1.29, 1.82) is 0 Å². The van der Waals surface area contributed by atoms with Gasteiger partial charge in [0.15, 0.2) is 6.79 Å². The molecule has 1 fully saturated rings. The first kappa shape index (κ1) is 42.6. The lowest BCUT2D eigenvalue weighted by molar-refractivity contribution is -0.160. The third kappa shape index (κ3) is 14.7. The van der Waals surface area contributed by atoms with E-state index in [1.165, 1.54) is 23.9 Å². The van der Waals surface area contributed by atoms with Crippen molar-refractivity contribution in [3.8, 4) is 0 Å². The fourth-order valence-electron chi connectivity index (χ4n) is 2.72. The number of aromatic amines is 1. The summed E-state index contributed by atoms with van der Waals surface area (Å²) in [6, 6.07) is 1.22. The minimum atomic E-state index is -2.35. The average Bonchev–Trinajstić information content (AvgIpc) is 3.36. The van der Waals surface area contributed by atoms with E-state index in [1.54, 1.807) is 41.5 Å². The number of Topliss-reactive ketones (excluding diaryl/α,β-unsaturated/α-hetero) is 1. The van der Waals surface area contributed by atoms with Gasteiger partial charge in [0, 0.05) is 17.7 Å². The van der Waals surface area contributed by atoms with Gasteiger partial charge in [-0.2, -0.15) is 13.5 Å². The average molecular weight is 612 g/mol. The van der Waals surface area contributed by atoms with Crippen LogP contribution >= 0.6 is 21.9 Å². The number of hydrogen-bond acceptors (Lipinski definition) is 10. The first-order valence-electron chi connectivity index (χ1n) is 13.1. The molecule has 1 aliphatic heterocycles. The molecule has 234 valence electrons. The minimum Gasteiger partial charge on any atom is -0.438 e. The largest absolute Gasteiger partial charge is 0.438 e. The Morgan fingerprint density at radius 3 is 2.02 bits per heavy atom. The van der Waals surface area contributed by atoms with Crippen LogP contribution in [-0.4, -0.2) is 53.4 Å². The van der Waals surface area contributed by atoms with Crippen LogP contribution in [0.1, 0.15) is 88.3 Å². The number of nitrogens with two attached hydrogens (primary N) is 1. The first-order valence-corrected chi connectivity index (χ1v) is 14.2. The third-order valence-corrected chi connectivity index (χ3v) is 5.90. The van der Waals surface area contributed by atoms with Gasteiger partial charge in [-0.25, -0.2) is 4.79 Å². The molecule has 0 spiro atoms. The Hall–Kier alpha value is -1.89. The van der Waals surface area contributed by atoms with Gasteiger partial charge in [-0.15, -0.1) is 0 Å². The summed E-state index contributed by atoms with van der Waals surface area (Å²) in [6.45, 7) is 17.2. The van der Waals surface area contributed by atoms with Gasteiger partial charge in [-0.1, -0.05) is 48.5 Å². The Morgan fingerprint density at radius 2 is 1.55 bits per heavy atom. The van der Waals surface area contributed by atoms with E-state index in [-0.39, 0.29) is 20.1 Å². The summed E-state index contributed by atoms with van der Waals surface area (Å²) in [6.07, 6.45) is 1.27. The molecule has 0 aromatic carbocycles. The monoisotopic (exact) mass is 611 g/mol. The highest BCUT2D eigenvalue weighted by Gasteiger charge is 2.37. The number of hydrogen-bond donors (Lipinski definition) is 2. The van der Waals surface area contributed by atoms with Crippen molar-refractivity contribution in [3.05, 3.63) is 33.1 Å². The lowest BCUT2D eigenvalue weighted by atomic mass is 9.92. The molecule has 40 heavy (non-hydrogen) atoms. The van der Waals surface area contributed by atoms with Crippen molar-refractivity contribution < 1.29 is 32.9 Å². The maximum Gasteiger partial charge on any atom is 0.330 e. The van der Waals surface area contributed by atoms with Gasteiger partial charge >= 0.3 is 11.7 Å². The Morgan fingerprint density at radius 1 is 1.00 bits per heavy atom. The van der Waals surface area contributed by atoms with Gasteiger partial charge < -0.3 is 19.7 Å². The summed E-state index contributed by atoms with van der Waals surface area (Å²) < 4.78 is 23.1. The number of carbonyl (C=O) groups excluding carboxylic acids is 3. The van der Waals surface area contributed by atoms with E-state index in [0.717, 1.165) is 0 Å². The van der Waals surface area contributed by atoms with Gasteiger partial charge in [-0.3, -0.25) is 33.3 Å². The third-order valence-electron chi connectivity index (χ3n) is 4.64. The van der Waals surface area contributed by atoms with Gasteiger partial charge in [0.1, 0.15) is 6.23 Å². The molecule has 0 aliphatic carbocycles. The summed E-state index contributed by atoms with van der Waals surface area (Å²) >= 11 is 0. The highest BCUT2D eigenvalue weighted by atomic mass is 32.1. The summed E-state index contributed by atoms with van der Waals surface area (Å²) in [4.78, 5) is 62.5. The van der Waals surface area contributed by atoms with Crippen LogP contribution < -0.4 is 17.0 Å². The molecule has 1 saturated heterocycles. The van der Waals surface area contributed by atoms with E-state index in [0.29, 0.717) is 12.8 Å². The van der Waals surface area contributed by atoms with Crippen LogP contribution in [0.4, 0.5) is 0 Å². The van der Waals surface area contributed by atoms with Crippen molar-refractivity contribution in [1.82, 2.24) is 9.55 Å². The number of nitrogens with one attached hydrogen (secondary N) is 1. The SMILES string of the molecule is CC.CC.CC(C)(C)C(=O)OCOP(OCC1CCC(n2ccc(=O)[nH]c2=O)O1)C(=O)C(=O)C(C)(C)C.CN.S. The van der Waals surface area contributed by atoms with Gasteiger partial charge in [0.25, 0.3) is 19.5 Å². The predicted octanol–water partition coefficient (Wildman–Crippen LogP) is 3.99. The van der Waals surface area contributed by atoms with Crippen LogP contribution in [0.15, 0.2) is 21.9 Å². The second-order valence-corrected chi connectivity index (χ2v) is 11.1. The molecule has 14 heteroatoms. The first-order chi connectivity index (χ1) is 18.2. The Balaban J connectivity index is -0.00000183. The zero-order valence-electron chi connectivity index (χ0n) is 25.8. The van der Waals surface area contributed by atoms with Crippen molar-refractivity contribution in [2.45, 2.75) is 94.4 Å². The molecule has 0 amide bonds. The number of nitrogens with zero attached hydrogens (tertiary/aromatic N) is 1. The summed E-state index contributed by atoms with van der Waals surface area (Å²) in [5.41, 5.74) is 0.866. The second-order valence-electron chi connectivity index (χ2n) is 9.67. The van der Waals surface area contributed by atoms with Crippen molar-refractivity contribution in [2.75, 3.05) is 20.4 Å². The predicted molar refractivity (Wildman–Crippen MR) is 161 cm³/mol. The lowest BCUT2D eigenvalue weighted by Gasteiger charge is -2.22. The Labute approximate surface area is 246 Å². The molecule has 3 atom stereocenters. The zero-order valence-corrected chi connectivity index (χ0v) is 27.7. The molecule has 3 N–H and O–H groups in total. The zero-order chi connectivity index (χ0) is 31.0. The van der Waals surface area contributed by atoms with Crippen LogP contribution in [-0.2, 0) is 32.9 Å². The molecule has 1 aromatic rings. The number of carbonyl (C=O) groups is 3. The Bertz CT molecular complexity index is 1000. The molecule has 2 rings (SSSR count). The number of aromatic nitrogens is 2. The maximum atomic E-state index is 12.7. The van der Waals surface area contributed by atoms with Gasteiger partial charge in [-0.05, 0) is 40.7 Å². The summed E-state index contributed by atoms with van der Waals surface area (Å²) in [5.74, 6) is -1.19. The van der Waals surface area contributed by atoms with Crippen LogP contribution in [0.3, 0.4) is 0 Å². The minimum absolute atomic E-state index is 0. The van der Waals surface area contributed by atoms with Crippen LogP contribution in [0.25, 0.3) is 0 Å². The maximum absolute atomic E-state index is 12.7. The molecule has 1 aliphatic rings. The van der Waals surface area contributed by atoms with Crippen molar-refractivity contribution >= 4 is 39.1 Å². The molecule has 0 bridgehead atoms. The van der Waals surface area contributed by atoms with Crippen molar-refractivity contribution in [2.24, 2.45) is 16.6 Å². The molecule has 3 unspecified atom stereocenters. The number of ketones is 1. The molecule has 0 saturated carbocycles. The van der Waals surface area contributed by atoms with Crippen molar-refractivity contribution in [3.63, 3.8) is 0 Å². The quantitative estimate of drug-likeness (QED) is 0.180.